The molecule has 0 atom stereocenters. The molecular weight excluding hydrogens is 312 g/mol. The van der Waals surface area contributed by atoms with E-state index in [1.54, 1.807) is 12.3 Å². The smallest absolute Gasteiger partial charge is 0.277 e. The van der Waals surface area contributed by atoms with Gasteiger partial charge < -0.3 is 4.74 Å². The lowest BCUT2D eigenvalue weighted by atomic mass is 10.0. The molecule has 0 saturated carbocycles. The van der Waals surface area contributed by atoms with Gasteiger partial charge in [0.2, 0.25) is 0 Å². The third kappa shape index (κ3) is 5.31. The summed E-state index contributed by atoms with van der Waals surface area (Å²) < 4.78 is 5.58. The highest BCUT2D eigenvalue weighted by Crippen LogP contribution is 2.18. The van der Waals surface area contributed by atoms with Gasteiger partial charge in [-0.05, 0) is 49.9 Å². The van der Waals surface area contributed by atoms with Crippen molar-refractivity contribution in [1.29, 1.82) is 0 Å². The highest BCUT2D eigenvalue weighted by atomic mass is 16.5. The lowest BCUT2D eigenvalue weighted by molar-refractivity contribution is -0.123. The molecule has 0 aliphatic heterocycles. The monoisotopic (exact) mass is 336 g/mol. The molecule has 0 heterocycles. The van der Waals surface area contributed by atoms with Crippen LogP contribution in [-0.2, 0) is 11.2 Å². The third-order valence-electron chi connectivity index (χ3n) is 3.82. The first-order valence-corrected chi connectivity index (χ1v) is 8.22. The number of benzene rings is 2. The van der Waals surface area contributed by atoms with Gasteiger partial charge in [-0.1, -0.05) is 42.0 Å². The average molecular weight is 336 g/mol. The van der Waals surface area contributed by atoms with Crippen molar-refractivity contribution in [2.45, 2.75) is 27.2 Å². The molecule has 0 spiro atoms. The molecule has 0 aliphatic carbocycles. The SMILES string of the molecule is C=CCc1ccccc1OCC(=O)NN=Cc1c(C)cc(C)cc1C. The van der Waals surface area contributed by atoms with Crippen LogP contribution < -0.4 is 10.2 Å². The first kappa shape index (κ1) is 18.5. The van der Waals surface area contributed by atoms with Crippen molar-refractivity contribution in [3.63, 3.8) is 0 Å². The molecule has 2 aromatic rings. The maximum absolute atomic E-state index is 11.9. The summed E-state index contributed by atoms with van der Waals surface area (Å²) >= 11 is 0. The molecule has 2 rings (SSSR count). The van der Waals surface area contributed by atoms with Gasteiger partial charge >= 0.3 is 0 Å². The van der Waals surface area contributed by atoms with Crippen LogP contribution in [-0.4, -0.2) is 18.7 Å². The number of nitrogens with zero attached hydrogens (tertiary/aromatic N) is 1. The quantitative estimate of drug-likeness (QED) is 0.474. The van der Waals surface area contributed by atoms with Gasteiger partial charge in [-0.2, -0.15) is 5.10 Å². The minimum Gasteiger partial charge on any atom is -0.483 e. The Morgan fingerprint density at radius 2 is 1.88 bits per heavy atom. The molecule has 4 heteroatoms. The fraction of sp³-hybridized carbons (Fsp3) is 0.238. The van der Waals surface area contributed by atoms with Crippen LogP contribution in [0, 0.1) is 20.8 Å². The molecule has 130 valence electrons. The van der Waals surface area contributed by atoms with E-state index in [-0.39, 0.29) is 12.5 Å². The zero-order chi connectivity index (χ0) is 18.2. The molecule has 0 fully saturated rings. The Bertz CT molecular complexity index is 771. The number of rotatable bonds is 7. The van der Waals surface area contributed by atoms with Gasteiger partial charge in [0.15, 0.2) is 6.61 Å². The minimum atomic E-state index is -0.299. The molecule has 0 unspecified atom stereocenters. The van der Waals surface area contributed by atoms with Crippen molar-refractivity contribution in [3.05, 3.63) is 76.9 Å². The van der Waals surface area contributed by atoms with Gasteiger partial charge in [0.05, 0.1) is 6.21 Å². The summed E-state index contributed by atoms with van der Waals surface area (Å²) in [5.74, 6) is 0.388. The van der Waals surface area contributed by atoms with Crippen LogP contribution in [0.15, 0.2) is 54.2 Å². The van der Waals surface area contributed by atoms with Crippen molar-refractivity contribution in [3.8, 4) is 5.75 Å². The van der Waals surface area contributed by atoms with Gasteiger partial charge in [-0.15, -0.1) is 6.58 Å². The molecule has 0 aromatic heterocycles. The van der Waals surface area contributed by atoms with Crippen LogP contribution in [0.4, 0.5) is 0 Å². The summed E-state index contributed by atoms with van der Waals surface area (Å²) in [6.45, 7) is 9.76. The van der Waals surface area contributed by atoms with E-state index in [1.807, 2.05) is 38.1 Å². The normalized spacial score (nSPS) is 10.7. The number of para-hydroxylation sites is 1. The Morgan fingerprint density at radius 1 is 1.20 bits per heavy atom. The second kappa shape index (κ2) is 8.83. The summed E-state index contributed by atoms with van der Waals surface area (Å²) in [4.78, 5) is 11.9. The van der Waals surface area contributed by atoms with Crippen LogP contribution in [0.2, 0.25) is 0 Å². The van der Waals surface area contributed by atoms with Crippen molar-refractivity contribution in [2.24, 2.45) is 5.10 Å². The zero-order valence-corrected chi connectivity index (χ0v) is 15.0. The van der Waals surface area contributed by atoms with Crippen LogP contribution in [0.1, 0.15) is 27.8 Å². The molecule has 0 radical (unpaired) electrons. The Hall–Kier alpha value is -2.88. The van der Waals surface area contributed by atoms with Crippen LogP contribution in [0.5, 0.6) is 5.75 Å². The summed E-state index contributed by atoms with van der Waals surface area (Å²) in [5, 5.41) is 4.04. The molecule has 4 nitrogen and oxygen atoms in total. The number of allylic oxidation sites excluding steroid dienone is 1. The van der Waals surface area contributed by atoms with Crippen LogP contribution in [0.3, 0.4) is 0 Å². The molecule has 25 heavy (non-hydrogen) atoms. The van der Waals surface area contributed by atoms with Crippen molar-refractivity contribution in [1.82, 2.24) is 5.43 Å². The molecule has 2 aromatic carbocycles. The van der Waals surface area contributed by atoms with E-state index in [4.69, 9.17) is 4.74 Å². The number of hydrazone groups is 1. The molecule has 1 N–H and O–H groups in total. The largest absolute Gasteiger partial charge is 0.483 e. The maximum atomic E-state index is 11.9. The van der Waals surface area contributed by atoms with Crippen LogP contribution >= 0.6 is 0 Å². The number of carbonyl (C=O) groups is 1. The molecule has 1 amide bonds. The van der Waals surface area contributed by atoms with E-state index in [9.17, 15) is 4.79 Å². The molecule has 0 aliphatic rings. The van der Waals surface area contributed by atoms with Gasteiger partial charge in [-0.3, -0.25) is 4.79 Å². The zero-order valence-electron chi connectivity index (χ0n) is 15.0. The first-order valence-electron chi connectivity index (χ1n) is 8.22. The minimum absolute atomic E-state index is 0.0860. The summed E-state index contributed by atoms with van der Waals surface area (Å²) in [6, 6.07) is 11.8. The fourth-order valence-electron chi connectivity index (χ4n) is 2.71. The number of ether oxygens (including phenoxy) is 1. The molecule has 0 bridgehead atoms. The lowest BCUT2D eigenvalue weighted by Gasteiger charge is -2.09. The topological polar surface area (TPSA) is 50.7 Å². The Balaban J connectivity index is 1.92. The highest BCUT2D eigenvalue weighted by Gasteiger charge is 2.06. The molecular formula is C21H24N2O2. The number of amides is 1. The van der Waals surface area contributed by atoms with Crippen molar-refractivity contribution in [2.75, 3.05) is 6.61 Å². The predicted octanol–water partition coefficient (Wildman–Crippen LogP) is 3.87. The molecule has 0 saturated heterocycles. The average Bonchev–Trinajstić information content (AvgIpc) is 2.56. The maximum Gasteiger partial charge on any atom is 0.277 e. The Kier molecular flexibility index (Phi) is 6.52. The summed E-state index contributed by atoms with van der Waals surface area (Å²) in [7, 11) is 0. The Morgan fingerprint density at radius 3 is 2.56 bits per heavy atom. The van der Waals surface area contributed by atoms with E-state index >= 15 is 0 Å². The number of aryl methyl sites for hydroxylation is 3. The second-order valence-electron chi connectivity index (χ2n) is 5.99. The van der Waals surface area contributed by atoms with E-state index in [2.05, 4.69) is 36.2 Å². The second-order valence-corrected chi connectivity index (χ2v) is 5.99. The van der Waals surface area contributed by atoms with Crippen molar-refractivity contribution >= 4 is 12.1 Å². The summed E-state index contributed by atoms with van der Waals surface area (Å²) in [5.41, 5.74) is 7.99. The Labute approximate surface area is 149 Å². The number of hydrogen-bond donors (Lipinski definition) is 1. The van der Waals surface area contributed by atoms with E-state index in [1.165, 1.54) is 5.56 Å². The number of nitrogens with one attached hydrogen (secondary N) is 1. The van der Waals surface area contributed by atoms with Gasteiger partial charge in [0.1, 0.15) is 5.75 Å². The lowest BCUT2D eigenvalue weighted by Crippen LogP contribution is -2.25. The van der Waals surface area contributed by atoms with E-state index in [0.717, 1.165) is 22.3 Å². The third-order valence-corrected chi connectivity index (χ3v) is 3.82. The predicted molar refractivity (Wildman–Crippen MR) is 102 cm³/mol. The van der Waals surface area contributed by atoms with Gasteiger partial charge in [-0.25, -0.2) is 5.43 Å². The van der Waals surface area contributed by atoms with Gasteiger partial charge in [0.25, 0.3) is 5.91 Å². The van der Waals surface area contributed by atoms with Crippen molar-refractivity contribution < 1.29 is 9.53 Å². The van der Waals surface area contributed by atoms with Crippen LogP contribution in [0.25, 0.3) is 0 Å². The first-order chi connectivity index (χ1) is 12.0. The van der Waals surface area contributed by atoms with E-state index < -0.39 is 0 Å². The highest BCUT2D eigenvalue weighted by molar-refractivity contribution is 5.85. The number of carbonyl (C=O) groups excluding carboxylic acids is 1. The standard InChI is InChI=1S/C21H24N2O2/c1-5-8-18-9-6-7-10-20(18)25-14-21(24)23-22-13-19-16(3)11-15(2)12-17(19)4/h5-7,9-13H,1,8,14H2,2-4H3,(H,23,24). The summed E-state index contributed by atoms with van der Waals surface area (Å²) in [6.07, 6.45) is 4.17. The van der Waals surface area contributed by atoms with Gasteiger partial charge in [0, 0.05) is 5.56 Å². The fourth-order valence-corrected chi connectivity index (χ4v) is 2.71. The van der Waals surface area contributed by atoms with E-state index in [0.29, 0.717) is 12.2 Å². The number of hydrogen-bond acceptors (Lipinski definition) is 3.